The van der Waals surface area contributed by atoms with E-state index in [0.717, 1.165) is 5.56 Å². The summed E-state index contributed by atoms with van der Waals surface area (Å²) in [5, 5.41) is 2.69. The topological polar surface area (TPSA) is 102 Å². The zero-order chi connectivity index (χ0) is 20.3. The van der Waals surface area contributed by atoms with Crippen LogP contribution in [0.5, 0.6) is 0 Å². The number of nitrogens with zero attached hydrogens (tertiary/aromatic N) is 1. The number of carbonyl (C=O) groups excluding carboxylic acids is 4. The maximum Gasteiger partial charge on any atom is 0.410 e. The van der Waals surface area contributed by atoms with Crippen LogP contribution in [0.25, 0.3) is 0 Å². The lowest BCUT2D eigenvalue weighted by molar-refractivity contribution is -0.153. The summed E-state index contributed by atoms with van der Waals surface area (Å²) in [5.74, 6) is -3.35. The molecule has 1 aromatic rings. The molecule has 3 atom stereocenters. The summed E-state index contributed by atoms with van der Waals surface area (Å²) >= 11 is 0. The molecule has 0 saturated carbocycles. The van der Waals surface area contributed by atoms with Crippen molar-refractivity contribution in [2.45, 2.75) is 44.9 Å². The molecule has 2 saturated heterocycles. The molecule has 150 valence electrons. The number of hydrogen-bond acceptors (Lipinski definition) is 6. The highest BCUT2D eigenvalue weighted by atomic mass is 16.6. The normalized spacial score (nSPS) is 26.9. The molecule has 28 heavy (non-hydrogen) atoms. The lowest BCUT2D eigenvalue weighted by Gasteiger charge is -2.41. The van der Waals surface area contributed by atoms with Crippen LogP contribution >= 0.6 is 0 Å². The van der Waals surface area contributed by atoms with Gasteiger partial charge < -0.3 is 19.7 Å². The number of Topliss-reactive ketones (excluding diaryl/α,β-unsaturated/α-hetero) is 1. The molecule has 8 nitrogen and oxygen atoms in total. The van der Waals surface area contributed by atoms with Gasteiger partial charge in [0.1, 0.15) is 12.1 Å². The monoisotopic (exact) mass is 388 g/mol. The number of amides is 2. The quantitative estimate of drug-likeness (QED) is 0.618. The SMILES string of the molecule is CCOC(=O)C1C(=O)N[C@@]2(CCN(C(=O)OCc3ccccc3)[C@@H](C)C2)C1=O. The fourth-order valence-corrected chi connectivity index (χ4v) is 3.86. The van der Waals surface area contributed by atoms with E-state index >= 15 is 0 Å². The zero-order valence-electron chi connectivity index (χ0n) is 16.0. The standard InChI is InChI=1S/C20H24N2O6/c1-3-27-18(25)15-16(23)20(21-17(15)24)9-10-22(13(2)11-20)19(26)28-12-14-7-5-4-6-8-14/h4-8,13,15H,3,9-12H2,1-2H3,(H,21,24)/t13-,15?,20+/m0/s1. The van der Waals surface area contributed by atoms with Crippen molar-refractivity contribution < 1.29 is 28.7 Å². The Morgan fingerprint density at radius 1 is 1.21 bits per heavy atom. The highest BCUT2D eigenvalue weighted by Gasteiger charge is 2.58. The molecule has 1 aromatic carbocycles. The van der Waals surface area contributed by atoms with E-state index in [1.807, 2.05) is 30.3 Å². The minimum atomic E-state index is -1.43. The van der Waals surface area contributed by atoms with Gasteiger partial charge in [-0.25, -0.2) is 4.79 Å². The zero-order valence-corrected chi connectivity index (χ0v) is 16.0. The van der Waals surface area contributed by atoms with Crippen molar-refractivity contribution in [3.8, 4) is 0 Å². The number of benzene rings is 1. The first kappa shape index (κ1) is 19.9. The molecule has 1 N–H and O–H groups in total. The first-order valence-corrected chi connectivity index (χ1v) is 9.38. The van der Waals surface area contributed by atoms with Gasteiger partial charge in [0.2, 0.25) is 5.91 Å². The molecule has 8 heteroatoms. The fraction of sp³-hybridized carbons (Fsp3) is 0.500. The molecule has 3 rings (SSSR count). The van der Waals surface area contributed by atoms with Gasteiger partial charge in [-0.3, -0.25) is 14.4 Å². The van der Waals surface area contributed by atoms with Crippen molar-refractivity contribution in [2.75, 3.05) is 13.2 Å². The smallest absolute Gasteiger partial charge is 0.410 e. The molecule has 1 spiro atoms. The van der Waals surface area contributed by atoms with Crippen LogP contribution < -0.4 is 5.32 Å². The van der Waals surface area contributed by atoms with Gasteiger partial charge >= 0.3 is 12.1 Å². The van der Waals surface area contributed by atoms with Crippen molar-refractivity contribution in [3.05, 3.63) is 35.9 Å². The second-order valence-electron chi connectivity index (χ2n) is 7.16. The second-order valence-corrected chi connectivity index (χ2v) is 7.16. The van der Waals surface area contributed by atoms with E-state index in [-0.39, 0.29) is 38.6 Å². The summed E-state index contributed by atoms with van der Waals surface area (Å²) in [7, 11) is 0. The Hall–Kier alpha value is -2.90. The van der Waals surface area contributed by atoms with Crippen LogP contribution in [0, 0.1) is 5.92 Å². The second kappa shape index (κ2) is 8.00. The van der Waals surface area contributed by atoms with Gasteiger partial charge in [0, 0.05) is 12.6 Å². The summed E-state index contributed by atoms with van der Waals surface area (Å²) < 4.78 is 10.2. The third-order valence-electron chi connectivity index (χ3n) is 5.28. The van der Waals surface area contributed by atoms with E-state index < -0.39 is 35.2 Å². The van der Waals surface area contributed by atoms with Gasteiger partial charge in [0.25, 0.3) is 0 Å². The minimum Gasteiger partial charge on any atom is -0.465 e. The van der Waals surface area contributed by atoms with Crippen molar-refractivity contribution >= 4 is 23.8 Å². The Balaban J connectivity index is 1.63. The number of carbonyl (C=O) groups is 4. The Morgan fingerprint density at radius 2 is 1.93 bits per heavy atom. The first-order valence-electron chi connectivity index (χ1n) is 9.38. The summed E-state index contributed by atoms with van der Waals surface area (Å²) in [6, 6.07) is 9.01. The van der Waals surface area contributed by atoms with Crippen molar-refractivity contribution in [1.82, 2.24) is 10.2 Å². The van der Waals surface area contributed by atoms with Crippen molar-refractivity contribution in [3.63, 3.8) is 0 Å². The third kappa shape index (κ3) is 3.72. The van der Waals surface area contributed by atoms with Crippen LogP contribution in [-0.2, 0) is 30.5 Å². The summed E-state index contributed by atoms with van der Waals surface area (Å²) in [6.07, 6.45) is -0.00321. The summed E-state index contributed by atoms with van der Waals surface area (Å²) in [4.78, 5) is 51.0. The third-order valence-corrected chi connectivity index (χ3v) is 5.28. The number of esters is 1. The number of rotatable bonds is 4. The minimum absolute atomic E-state index is 0.0975. The molecule has 1 unspecified atom stereocenters. The van der Waals surface area contributed by atoms with Gasteiger partial charge in [-0.2, -0.15) is 0 Å². The molecule has 2 aliphatic heterocycles. The Morgan fingerprint density at radius 3 is 2.57 bits per heavy atom. The van der Waals surface area contributed by atoms with E-state index in [2.05, 4.69) is 5.32 Å². The fourth-order valence-electron chi connectivity index (χ4n) is 3.86. The number of piperidine rings is 1. The Kier molecular flexibility index (Phi) is 5.67. The maximum absolute atomic E-state index is 12.8. The predicted octanol–water partition coefficient (Wildman–Crippen LogP) is 1.42. The molecule has 0 bridgehead atoms. The number of ketones is 1. The van der Waals surface area contributed by atoms with E-state index in [0.29, 0.717) is 0 Å². The molecular formula is C20H24N2O6. The molecule has 2 fully saturated rings. The van der Waals surface area contributed by atoms with Crippen LogP contribution in [-0.4, -0.2) is 53.4 Å². The van der Waals surface area contributed by atoms with Crippen LogP contribution in [0.2, 0.25) is 0 Å². The molecular weight excluding hydrogens is 364 g/mol. The average Bonchev–Trinajstić information content (AvgIpc) is 2.90. The highest BCUT2D eigenvalue weighted by Crippen LogP contribution is 2.35. The Labute approximate surface area is 163 Å². The van der Waals surface area contributed by atoms with Gasteiger partial charge in [-0.05, 0) is 32.3 Å². The van der Waals surface area contributed by atoms with Gasteiger partial charge in [0.15, 0.2) is 11.7 Å². The number of hydrogen-bond donors (Lipinski definition) is 1. The van der Waals surface area contributed by atoms with Crippen molar-refractivity contribution in [2.24, 2.45) is 5.92 Å². The predicted molar refractivity (Wildman–Crippen MR) is 98.0 cm³/mol. The lowest BCUT2D eigenvalue weighted by atomic mass is 9.79. The maximum atomic E-state index is 12.8. The lowest BCUT2D eigenvalue weighted by Crippen LogP contribution is -2.59. The van der Waals surface area contributed by atoms with E-state index in [1.54, 1.807) is 18.7 Å². The highest BCUT2D eigenvalue weighted by molar-refractivity contribution is 6.24. The Bertz CT molecular complexity index is 780. The molecule has 2 heterocycles. The van der Waals surface area contributed by atoms with Crippen molar-refractivity contribution in [1.29, 1.82) is 0 Å². The molecule has 0 aromatic heterocycles. The number of likely N-dealkylation sites (tertiary alicyclic amines) is 1. The molecule has 2 aliphatic rings. The van der Waals surface area contributed by atoms with Gasteiger partial charge in [-0.1, -0.05) is 30.3 Å². The molecule has 0 aliphatic carbocycles. The van der Waals surface area contributed by atoms with Crippen LogP contribution in [0.3, 0.4) is 0 Å². The van der Waals surface area contributed by atoms with Gasteiger partial charge in [-0.15, -0.1) is 0 Å². The van der Waals surface area contributed by atoms with E-state index in [1.165, 1.54) is 0 Å². The van der Waals surface area contributed by atoms with Gasteiger partial charge in [0.05, 0.1) is 6.61 Å². The molecule has 2 amide bonds. The van der Waals surface area contributed by atoms with Crippen LogP contribution in [0.1, 0.15) is 32.3 Å². The summed E-state index contributed by atoms with van der Waals surface area (Å²) in [5.41, 5.74) is -0.253. The number of nitrogens with one attached hydrogen (secondary N) is 1. The van der Waals surface area contributed by atoms with E-state index in [4.69, 9.17) is 9.47 Å². The summed E-state index contributed by atoms with van der Waals surface area (Å²) in [6.45, 7) is 3.92. The van der Waals surface area contributed by atoms with Crippen LogP contribution in [0.4, 0.5) is 4.79 Å². The van der Waals surface area contributed by atoms with Crippen LogP contribution in [0.15, 0.2) is 30.3 Å². The van der Waals surface area contributed by atoms with E-state index in [9.17, 15) is 19.2 Å². The number of ether oxygens (including phenoxy) is 2. The first-order chi connectivity index (χ1) is 13.4. The average molecular weight is 388 g/mol. The largest absolute Gasteiger partial charge is 0.465 e. The molecule has 0 radical (unpaired) electrons.